The number of hydrogen-bond acceptors (Lipinski definition) is 0. The summed E-state index contributed by atoms with van der Waals surface area (Å²) in [6.45, 7) is 6.92. The van der Waals surface area contributed by atoms with Crippen LogP contribution in [0.25, 0.3) is 0 Å². The monoisotopic (exact) mass is 247 g/mol. The van der Waals surface area contributed by atoms with Gasteiger partial charge >= 0.3 is 17.1 Å². The van der Waals surface area contributed by atoms with Crippen LogP contribution < -0.4 is 0 Å². The van der Waals surface area contributed by atoms with E-state index in [-0.39, 0.29) is 25.0 Å². The van der Waals surface area contributed by atoms with Crippen molar-refractivity contribution in [1.29, 1.82) is 0 Å². The van der Waals surface area contributed by atoms with Crippen LogP contribution in [0.4, 0.5) is 0 Å². The fourth-order valence-electron chi connectivity index (χ4n) is 1.09. The van der Waals surface area contributed by atoms with E-state index in [1.807, 2.05) is 12.2 Å². The van der Waals surface area contributed by atoms with Gasteiger partial charge in [0.1, 0.15) is 0 Å². The van der Waals surface area contributed by atoms with Crippen LogP contribution in [0, 0.1) is 6.08 Å². The molecule has 1 aliphatic carbocycles. The molecule has 0 saturated heterocycles. The van der Waals surface area contributed by atoms with Crippen molar-refractivity contribution < 1.29 is 17.1 Å². The Morgan fingerprint density at radius 2 is 1.69 bits per heavy atom. The first-order valence-electron chi connectivity index (χ1n) is 4.90. The molecule has 0 aliphatic heterocycles. The van der Waals surface area contributed by atoms with Gasteiger partial charge in [-0.3, -0.25) is 6.08 Å². The average Bonchev–Trinajstić information content (AvgIpc) is 2.64. The fraction of sp³-hybridized carbons (Fsp3) is 0.636. The molecule has 0 N–H and O–H groups in total. The van der Waals surface area contributed by atoms with Gasteiger partial charge in [0.05, 0.1) is 18.5 Å². The van der Waals surface area contributed by atoms with Gasteiger partial charge in [0, 0.05) is 0 Å². The third-order valence-electron chi connectivity index (χ3n) is 2.09. The second-order valence-corrected chi connectivity index (χ2v) is 6.44. The van der Waals surface area contributed by atoms with E-state index < -0.39 is 0 Å². The molecule has 2 heteroatoms. The van der Waals surface area contributed by atoms with Crippen molar-refractivity contribution in [2.24, 2.45) is 0 Å². The number of hydrogen-bond donors (Lipinski definition) is 0. The van der Waals surface area contributed by atoms with Crippen molar-refractivity contribution in [3.63, 3.8) is 0 Å². The molecular formula is C11H21CuP+. The molecule has 80 valence electrons. The molecule has 0 aromatic heterocycles. The second kappa shape index (κ2) is 12.4. The first-order valence-corrected chi connectivity index (χ1v) is 7.02. The summed E-state index contributed by atoms with van der Waals surface area (Å²) in [6.07, 6.45) is 14.4. The predicted octanol–water partition coefficient (Wildman–Crippen LogP) is 3.56. The Labute approximate surface area is 95.1 Å². The van der Waals surface area contributed by atoms with E-state index >= 15 is 0 Å². The minimum absolute atomic E-state index is 0. The minimum atomic E-state index is 0. The van der Waals surface area contributed by atoms with E-state index in [4.69, 9.17) is 0 Å². The number of allylic oxidation sites excluding steroid dienone is 4. The summed E-state index contributed by atoms with van der Waals surface area (Å²) in [5, 5.41) is 0. The third-order valence-corrected chi connectivity index (χ3v) is 5.09. The summed E-state index contributed by atoms with van der Waals surface area (Å²) in [4.78, 5) is 0. The van der Waals surface area contributed by atoms with E-state index in [9.17, 15) is 0 Å². The average molecular weight is 248 g/mol. The summed E-state index contributed by atoms with van der Waals surface area (Å²) in [7, 11) is 0.137. The van der Waals surface area contributed by atoms with Crippen molar-refractivity contribution in [3.05, 3.63) is 24.3 Å². The van der Waals surface area contributed by atoms with Gasteiger partial charge in [0.2, 0.25) is 0 Å². The molecule has 0 nitrogen and oxygen atoms in total. The van der Waals surface area contributed by atoms with Gasteiger partial charge in [0.15, 0.2) is 0 Å². The third kappa shape index (κ3) is 10.3. The van der Waals surface area contributed by atoms with Crippen LogP contribution in [-0.4, -0.2) is 18.5 Å². The standard InChI is InChI=1S/C6H15P.C5H5.Cu/c1-4-7(5-2)6-3;1-2-4-5-3-1;/h4-6H2,1-3H3;1-3H,4H2;/q;-1;+1/p+1. The first-order chi connectivity index (χ1) is 5.85. The molecule has 0 amide bonds. The normalized spacial score (nSPS) is 12.3. The molecule has 1 rings (SSSR count). The van der Waals surface area contributed by atoms with Crippen molar-refractivity contribution in [3.8, 4) is 0 Å². The molecule has 0 unspecified atom stereocenters. The molecule has 0 bridgehead atoms. The molecule has 0 atom stereocenters. The van der Waals surface area contributed by atoms with Gasteiger partial charge in [-0.05, 0) is 28.7 Å². The smallest absolute Gasteiger partial charge is 0.273 e. The van der Waals surface area contributed by atoms with Crippen LogP contribution in [0.5, 0.6) is 0 Å². The van der Waals surface area contributed by atoms with Crippen LogP contribution in [-0.2, 0) is 17.1 Å². The molecule has 0 radical (unpaired) electrons. The van der Waals surface area contributed by atoms with Gasteiger partial charge in [-0.15, -0.1) is 6.42 Å². The number of rotatable bonds is 3. The Morgan fingerprint density at radius 3 is 1.77 bits per heavy atom. The minimum Gasteiger partial charge on any atom is -0.273 e. The quantitative estimate of drug-likeness (QED) is 0.406. The van der Waals surface area contributed by atoms with Gasteiger partial charge in [-0.1, -0.05) is 0 Å². The zero-order chi connectivity index (χ0) is 9.23. The predicted molar refractivity (Wildman–Crippen MR) is 61.5 cm³/mol. The van der Waals surface area contributed by atoms with E-state index in [1.165, 1.54) is 18.5 Å². The largest absolute Gasteiger partial charge is 1.00 e. The topological polar surface area (TPSA) is 0 Å². The molecule has 0 spiro atoms. The SMILES string of the molecule is CC[PH+](CC)CC.[C-]1=CC=CC1.[Cu+]. The molecule has 1 aliphatic rings. The van der Waals surface area contributed by atoms with Crippen LogP contribution >= 0.6 is 7.92 Å². The zero-order valence-electron chi connectivity index (χ0n) is 8.86. The Kier molecular flexibility index (Phi) is 15.2. The Balaban J connectivity index is 0. The van der Waals surface area contributed by atoms with Gasteiger partial charge in [0.25, 0.3) is 0 Å². The van der Waals surface area contributed by atoms with Gasteiger partial charge in [-0.2, -0.15) is 6.08 Å². The van der Waals surface area contributed by atoms with Crippen molar-refractivity contribution in [1.82, 2.24) is 0 Å². The van der Waals surface area contributed by atoms with Crippen molar-refractivity contribution in [2.75, 3.05) is 18.5 Å². The van der Waals surface area contributed by atoms with Crippen molar-refractivity contribution in [2.45, 2.75) is 27.2 Å². The molecule has 0 fully saturated rings. The van der Waals surface area contributed by atoms with Crippen LogP contribution in [0.1, 0.15) is 27.2 Å². The van der Waals surface area contributed by atoms with E-state index in [0.717, 1.165) is 6.42 Å². The molecule has 0 aromatic carbocycles. The molecular weight excluding hydrogens is 227 g/mol. The summed E-state index contributed by atoms with van der Waals surface area (Å²) >= 11 is 0. The summed E-state index contributed by atoms with van der Waals surface area (Å²) in [5.41, 5.74) is 0. The molecule has 13 heavy (non-hydrogen) atoms. The second-order valence-electron chi connectivity index (χ2n) is 2.81. The van der Waals surface area contributed by atoms with Gasteiger partial charge in [-0.25, -0.2) is 12.2 Å². The summed E-state index contributed by atoms with van der Waals surface area (Å²) in [5.74, 6) is 0. The Bertz CT molecular complexity index is 122. The summed E-state index contributed by atoms with van der Waals surface area (Å²) in [6, 6.07) is 0. The molecule has 0 saturated carbocycles. The van der Waals surface area contributed by atoms with Crippen LogP contribution in [0.2, 0.25) is 0 Å². The molecule has 0 heterocycles. The maximum atomic E-state index is 2.99. The van der Waals surface area contributed by atoms with E-state index in [0.29, 0.717) is 0 Å². The van der Waals surface area contributed by atoms with E-state index in [1.54, 1.807) is 0 Å². The van der Waals surface area contributed by atoms with Crippen LogP contribution in [0.3, 0.4) is 0 Å². The Hall–Kier alpha value is 0.429. The zero-order valence-corrected chi connectivity index (χ0v) is 10.8. The Morgan fingerprint density at radius 1 is 1.15 bits per heavy atom. The maximum Gasteiger partial charge on any atom is 1.00 e. The van der Waals surface area contributed by atoms with E-state index in [2.05, 4.69) is 32.9 Å². The van der Waals surface area contributed by atoms with Crippen LogP contribution in [0.15, 0.2) is 18.2 Å². The maximum absolute atomic E-state index is 2.99. The molecule has 0 aromatic rings. The fourth-order valence-corrected chi connectivity index (χ4v) is 2.59. The first kappa shape index (κ1) is 15.9. The van der Waals surface area contributed by atoms with Gasteiger partial charge < -0.3 is 0 Å². The summed E-state index contributed by atoms with van der Waals surface area (Å²) < 4.78 is 0. The van der Waals surface area contributed by atoms with Crippen molar-refractivity contribution >= 4 is 7.92 Å².